The van der Waals surface area contributed by atoms with Crippen molar-refractivity contribution in [3.63, 3.8) is 0 Å². The lowest BCUT2D eigenvalue weighted by molar-refractivity contribution is 0.556. The number of allylic oxidation sites excluding steroid dienone is 1. The van der Waals surface area contributed by atoms with Gasteiger partial charge >= 0.3 is 0 Å². The third kappa shape index (κ3) is 6.02. The van der Waals surface area contributed by atoms with Gasteiger partial charge in [0.25, 0.3) is 0 Å². The second-order valence-corrected chi connectivity index (χ2v) is 5.54. The molecule has 1 nitrogen and oxygen atoms in total. The maximum Gasteiger partial charge on any atom is -0.00141 e. The average molecular weight is 245 g/mol. The monoisotopic (exact) mass is 245 g/mol. The van der Waals surface area contributed by atoms with E-state index in [9.17, 15) is 0 Å². The van der Waals surface area contributed by atoms with E-state index in [1.165, 1.54) is 16.7 Å². The first-order valence-corrected chi connectivity index (χ1v) is 7.00. The third-order valence-corrected chi connectivity index (χ3v) is 3.10. The van der Waals surface area contributed by atoms with Crippen LogP contribution in [0.25, 0.3) is 0 Å². The quantitative estimate of drug-likeness (QED) is 0.563. The van der Waals surface area contributed by atoms with Gasteiger partial charge in [-0.05, 0) is 56.8 Å². The third-order valence-electron chi connectivity index (χ3n) is 3.10. The molecule has 0 bridgehead atoms. The van der Waals surface area contributed by atoms with Crippen molar-refractivity contribution in [1.29, 1.82) is 0 Å². The van der Waals surface area contributed by atoms with Gasteiger partial charge in [-0.3, -0.25) is 0 Å². The van der Waals surface area contributed by atoms with Crippen molar-refractivity contribution >= 4 is 0 Å². The lowest BCUT2D eigenvalue weighted by atomic mass is 10.0. The van der Waals surface area contributed by atoms with Crippen LogP contribution in [-0.4, -0.2) is 13.1 Å². The van der Waals surface area contributed by atoms with Gasteiger partial charge in [0.15, 0.2) is 0 Å². The summed E-state index contributed by atoms with van der Waals surface area (Å²) in [7, 11) is 0. The molecule has 0 heterocycles. The van der Waals surface area contributed by atoms with Crippen LogP contribution >= 0.6 is 0 Å². The van der Waals surface area contributed by atoms with Crippen LogP contribution in [0, 0.1) is 12.8 Å². The van der Waals surface area contributed by atoms with Gasteiger partial charge in [-0.2, -0.15) is 0 Å². The van der Waals surface area contributed by atoms with Crippen LogP contribution in [0.5, 0.6) is 0 Å². The Morgan fingerprint density at radius 3 is 2.67 bits per heavy atom. The molecule has 0 atom stereocenters. The van der Waals surface area contributed by atoms with Gasteiger partial charge in [0.05, 0.1) is 0 Å². The Kier molecular flexibility index (Phi) is 6.74. The fourth-order valence-corrected chi connectivity index (χ4v) is 1.99. The minimum absolute atomic E-state index is 0.738. The second kappa shape index (κ2) is 8.10. The minimum Gasteiger partial charge on any atom is -0.316 e. The van der Waals surface area contributed by atoms with E-state index in [0.717, 1.165) is 31.8 Å². The molecule has 0 aliphatic heterocycles. The molecule has 0 aliphatic rings. The first kappa shape index (κ1) is 15.0. The lowest BCUT2D eigenvalue weighted by Crippen LogP contribution is -2.20. The molecule has 0 saturated carbocycles. The molecule has 1 aromatic rings. The molecule has 0 spiro atoms. The normalized spacial score (nSPS) is 12.2. The summed E-state index contributed by atoms with van der Waals surface area (Å²) < 4.78 is 0. The van der Waals surface area contributed by atoms with Crippen LogP contribution in [0.4, 0.5) is 0 Å². The predicted octanol–water partition coefficient (Wildman–Crippen LogP) is 4.12. The summed E-state index contributed by atoms with van der Waals surface area (Å²) in [5.41, 5.74) is 4.31. The number of aryl methyl sites for hydroxylation is 1. The Bertz CT molecular complexity index is 377. The van der Waals surface area contributed by atoms with Gasteiger partial charge in [-0.1, -0.05) is 49.8 Å². The molecule has 1 N–H and O–H groups in total. The van der Waals surface area contributed by atoms with E-state index in [1.54, 1.807) is 0 Å². The van der Waals surface area contributed by atoms with Gasteiger partial charge in [-0.15, -0.1) is 0 Å². The Balaban J connectivity index is 2.32. The number of nitrogens with one attached hydrogen (secondary N) is 1. The van der Waals surface area contributed by atoms with Crippen molar-refractivity contribution in [2.45, 2.75) is 40.5 Å². The van der Waals surface area contributed by atoms with E-state index in [-0.39, 0.29) is 0 Å². The molecule has 100 valence electrons. The topological polar surface area (TPSA) is 12.0 Å². The molecule has 1 rings (SSSR count). The van der Waals surface area contributed by atoms with Gasteiger partial charge < -0.3 is 5.32 Å². The summed E-state index contributed by atoms with van der Waals surface area (Å²) in [4.78, 5) is 0. The van der Waals surface area contributed by atoms with E-state index in [4.69, 9.17) is 0 Å². The lowest BCUT2D eigenvalue weighted by Gasteiger charge is -2.07. The molecule has 0 saturated heterocycles. The highest BCUT2D eigenvalue weighted by Gasteiger charge is 1.98. The molecule has 0 aliphatic carbocycles. The predicted molar refractivity (Wildman–Crippen MR) is 81.0 cm³/mol. The largest absolute Gasteiger partial charge is 0.316 e. The Morgan fingerprint density at radius 1 is 1.28 bits per heavy atom. The molecular weight excluding hydrogens is 218 g/mol. The van der Waals surface area contributed by atoms with E-state index in [2.05, 4.69) is 63.4 Å². The molecule has 18 heavy (non-hydrogen) atoms. The summed E-state index contributed by atoms with van der Waals surface area (Å²) in [6.45, 7) is 11.1. The molecule has 0 unspecified atom stereocenters. The van der Waals surface area contributed by atoms with Crippen molar-refractivity contribution < 1.29 is 0 Å². The van der Waals surface area contributed by atoms with Crippen LogP contribution in [0.15, 0.2) is 35.9 Å². The zero-order valence-electron chi connectivity index (χ0n) is 12.3. The maximum atomic E-state index is 3.47. The van der Waals surface area contributed by atoms with Crippen molar-refractivity contribution in [2.75, 3.05) is 13.1 Å². The number of hydrogen-bond acceptors (Lipinski definition) is 1. The van der Waals surface area contributed by atoms with Crippen molar-refractivity contribution in [3.8, 4) is 0 Å². The first-order chi connectivity index (χ1) is 8.59. The molecule has 0 fully saturated rings. The average Bonchev–Trinajstić information content (AvgIpc) is 2.31. The summed E-state index contributed by atoms with van der Waals surface area (Å²) in [5.74, 6) is 0.738. The van der Waals surface area contributed by atoms with Gasteiger partial charge in [-0.25, -0.2) is 0 Å². The molecule has 1 heteroatoms. The zero-order valence-corrected chi connectivity index (χ0v) is 12.3. The van der Waals surface area contributed by atoms with Crippen LogP contribution < -0.4 is 5.32 Å². The van der Waals surface area contributed by atoms with Crippen molar-refractivity contribution in [3.05, 3.63) is 47.0 Å². The highest BCUT2D eigenvalue weighted by Crippen LogP contribution is 2.12. The first-order valence-electron chi connectivity index (χ1n) is 7.00. The fraction of sp³-hybridized carbons (Fsp3) is 0.529. The van der Waals surface area contributed by atoms with Crippen molar-refractivity contribution in [2.24, 2.45) is 5.92 Å². The van der Waals surface area contributed by atoms with E-state index in [0.29, 0.717) is 0 Å². The van der Waals surface area contributed by atoms with E-state index >= 15 is 0 Å². The zero-order chi connectivity index (χ0) is 13.4. The molecule has 0 amide bonds. The van der Waals surface area contributed by atoms with E-state index in [1.807, 2.05) is 0 Å². The molecule has 1 aromatic carbocycles. The Morgan fingerprint density at radius 2 is 2.00 bits per heavy atom. The van der Waals surface area contributed by atoms with Gasteiger partial charge in [0, 0.05) is 0 Å². The van der Waals surface area contributed by atoms with Gasteiger partial charge in [0.2, 0.25) is 0 Å². The summed E-state index contributed by atoms with van der Waals surface area (Å²) >= 11 is 0. The van der Waals surface area contributed by atoms with Crippen molar-refractivity contribution in [1.82, 2.24) is 5.32 Å². The molecule has 0 radical (unpaired) electrons. The van der Waals surface area contributed by atoms with Gasteiger partial charge in [0.1, 0.15) is 0 Å². The standard InChI is InChI=1S/C17H27N/c1-14(2)13-18-11-7-8-15(3)12-17-10-6-5-9-16(17)4/h5-6,8-10,14,18H,7,11-13H2,1-4H3. The summed E-state index contributed by atoms with van der Waals surface area (Å²) in [5, 5.41) is 3.47. The van der Waals surface area contributed by atoms with Crippen LogP contribution in [-0.2, 0) is 6.42 Å². The van der Waals surface area contributed by atoms with Crippen LogP contribution in [0.3, 0.4) is 0 Å². The SMILES string of the molecule is CC(=CCCNCC(C)C)Cc1ccccc1C. The maximum absolute atomic E-state index is 3.47. The number of benzene rings is 1. The van der Waals surface area contributed by atoms with Crippen LogP contribution in [0.1, 0.15) is 38.3 Å². The second-order valence-electron chi connectivity index (χ2n) is 5.54. The summed E-state index contributed by atoms with van der Waals surface area (Å²) in [6.07, 6.45) is 4.57. The molecular formula is C17H27N. The smallest absolute Gasteiger partial charge is 0.00141 e. The van der Waals surface area contributed by atoms with E-state index < -0.39 is 0 Å². The minimum atomic E-state index is 0.738. The number of hydrogen-bond donors (Lipinski definition) is 1. The highest BCUT2D eigenvalue weighted by atomic mass is 14.8. The Hall–Kier alpha value is -1.08. The highest BCUT2D eigenvalue weighted by molar-refractivity contribution is 5.29. The van der Waals surface area contributed by atoms with Crippen LogP contribution in [0.2, 0.25) is 0 Å². The fourth-order valence-electron chi connectivity index (χ4n) is 1.99. The Labute approximate surface area is 112 Å². The molecule has 0 aromatic heterocycles. The number of rotatable bonds is 7. The summed E-state index contributed by atoms with van der Waals surface area (Å²) in [6, 6.07) is 8.64.